The van der Waals surface area contributed by atoms with E-state index in [2.05, 4.69) is 24.4 Å². The molecule has 1 aliphatic rings. The number of benzene rings is 3. The first-order chi connectivity index (χ1) is 16.9. The fourth-order valence-corrected chi connectivity index (χ4v) is 4.28. The summed E-state index contributed by atoms with van der Waals surface area (Å²) in [5.41, 5.74) is 6.00. The SMILES string of the molecule is CC1=CC(/C=C(/C#N)C(=O)Nc2ccc(Cl)cc2)=C(C)[C@H]1c1ccc(OCc2ccccc2)cc1. The van der Waals surface area contributed by atoms with Gasteiger partial charge in [-0.15, -0.1) is 0 Å². The fourth-order valence-electron chi connectivity index (χ4n) is 4.15. The van der Waals surface area contributed by atoms with Crippen molar-refractivity contribution < 1.29 is 9.53 Å². The van der Waals surface area contributed by atoms with Crippen molar-refractivity contribution in [2.45, 2.75) is 26.4 Å². The van der Waals surface area contributed by atoms with Crippen molar-refractivity contribution >= 4 is 23.2 Å². The number of anilines is 1. The highest BCUT2D eigenvalue weighted by molar-refractivity contribution is 6.30. The van der Waals surface area contributed by atoms with Crippen LogP contribution in [0.4, 0.5) is 5.69 Å². The Morgan fingerprint density at radius 1 is 1.03 bits per heavy atom. The van der Waals surface area contributed by atoms with Crippen LogP contribution < -0.4 is 10.1 Å². The summed E-state index contributed by atoms with van der Waals surface area (Å²) < 4.78 is 5.91. The Morgan fingerprint density at radius 3 is 2.37 bits per heavy atom. The third kappa shape index (κ3) is 5.90. The number of nitrogens with one attached hydrogen (secondary N) is 1. The van der Waals surface area contributed by atoms with Crippen molar-refractivity contribution in [2.24, 2.45) is 0 Å². The first-order valence-electron chi connectivity index (χ1n) is 11.3. The fraction of sp³-hybridized carbons (Fsp3) is 0.133. The Morgan fingerprint density at radius 2 is 1.71 bits per heavy atom. The molecule has 4 nitrogen and oxygen atoms in total. The van der Waals surface area contributed by atoms with Gasteiger partial charge in [-0.2, -0.15) is 5.26 Å². The van der Waals surface area contributed by atoms with Crippen molar-refractivity contribution in [3.05, 3.63) is 129 Å². The molecule has 3 aromatic carbocycles. The van der Waals surface area contributed by atoms with Crippen LogP contribution in [0.3, 0.4) is 0 Å². The van der Waals surface area contributed by atoms with E-state index in [0.29, 0.717) is 17.3 Å². The molecule has 1 amide bonds. The minimum absolute atomic E-state index is 0.0451. The summed E-state index contributed by atoms with van der Waals surface area (Å²) in [4.78, 5) is 12.7. The van der Waals surface area contributed by atoms with Crippen molar-refractivity contribution in [3.63, 3.8) is 0 Å². The van der Waals surface area contributed by atoms with Gasteiger partial charge < -0.3 is 10.1 Å². The number of carbonyl (C=O) groups is 1. The van der Waals surface area contributed by atoms with Crippen LogP contribution in [0.25, 0.3) is 0 Å². The molecule has 3 aromatic rings. The number of nitrogens with zero attached hydrogens (tertiary/aromatic N) is 1. The van der Waals surface area contributed by atoms with Crippen molar-refractivity contribution in [1.82, 2.24) is 0 Å². The smallest absolute Gasteiger partial charge is 0.266 e. The molecule has 0 fully saturated rings. The van der Waals surface area contributed by atoms with Crippen molar-refractivity contribution in [3.8, 4) is 11.8 Å². The molecule has 0 heterocycles. The first kappa shape index (κ1) is 24.1. The molecule has 0 saturated carbocycles. The van der Waals surface area contributed by atoms with Crippen LogP contribution in [0.2, 0.25) is 5.02 Å². The summed E-state index contributed by atoms with van der Waals surface area (Å²) in [6.45, 7) is 4.62. The standard InChI is InChI=1S/C30H25ClN2O2/c1-20-16-24(17-25(18-32)30(34)33-27-12-10-26(31)11-13-27)21(2)29(20)23-8-14-28(15-9-23)35-19-22-6-4-3-5-7-22/h3-17,29H,19H2,1-2H3,(H,33,34)/b25-17-/t29-/m0/s1. The van der Waals surface area contributed by atoms with E-state index in [0.717, 1.165) is 33.6 Å². The van der Waals surface area contributed by atoms with Crippen LogP contribution >= 0.6 is 11.6 Å². The van der Waals surface area contributed by atoms with Crippen molar-refractivity contribution in [1.29, 1.82) is 5.26 Å². The highest BCUT2D eigenvalue weighted by Gasteiger charge is 2.24. The van der Waals surface area contributed by atoms with E-state index in [-0.39, 0.29) is 11.5 Å². The lowest BCUT2D eigenvalue weighted by Gasteiger charge is -2.16. The highest BCUT2D eigenvalue weighted by Crippen LogP contribution is 2.40. The van der Waals surface area contributed by atoms with Gasteiger partial charge in [0.25, 0.3) is 5.91 Å². The summed E-state index contributed by atoms with van der Waals surface area (Å²) >= 11 is 5.90. The maximum atomic E-state index is 12.7. The summed E-state index contributed by atoms with van der Waals surface area (Å²) in [5.74, 6) is 0.442. The largest absolute Gasteiger partial charge is 0.489 e. The number of hydrogen-bond donors (Lipinski definition) is 1. The maximum Gasteiger partial charge on any atom is 0.266 e. The molecular formula is C30H25ClN2O2. The zero-order valence-corrected chi connectivity index (χ0v) is 20.3. The summed E-state index contributed by atoms with van der Waals surface area (Å²) in [6.07, 6.45) is 3.69. The van der Waals surface area contributed by atoms with Gasteiger partial charge in [0.15, 0.2) is 0 Å². The summed E-state index contributed by atoms with van der Waals surface area (Å²) in [5, 5.41) is 12.9. The van der Waals surface area contributed by atoms with Crippen LogP contribution in [0.5, 0.6) is 5.75 Å². The van der Waals surface area contributed by atoms with E-state index < -0.39 is 5.91 Å². The minimum atomic E-state index is -0.454. The lowest BCUT2D eigenvalue weighted by atomic mass is 9.89. The van der Waals surface area contributed by atoms with Crippen LogP contribution in [-0.4, -0.2) is 5.91 Å². The lowest BCUT2D eigenvalue weighted by molar-refractivity contribution is -0.112. The second-order valence-corrected chi connectivity index (χ2v) is 8.87. The molecule has 174 valence electrons. The summed E-state index contributed by atoms with van der Waals surface area (Å²) in [7, 11) is 0. The van der Waals surface area contributed by atoms with E-state index in [1.807, 2.05) is 61.5 Å². The van der Waals surface area contributed by atoms with Crippen LogP contribution in [-0.2, 0) is 11.4 Å². The highest BCUT2D eigenvalue weighted by atomic mass is 35.5. The first-order valence-corrected chi connectivity index (χ1v) is 11.7. The number of nitriles is 1. The average molecular weight is 481 g/mol. The Labute approximate surface area is 210 Å². The average Bonchev–Trinajstić information content (AvgIpc) is 3.16. The van der Waals surface area contributed by atoms with Gasteiger partial charge in [0.2, 0.25) is 0 Å². The number of ether oxygens (including phenoxy) is 1. The molecule has 0 unspecified atom stereocenters. The molecule has 0 aliphatic heterocycles. The van der Waals surface area contributed by atoms with Gasteiger partial charge in [-0.25, -0.2) is 0 Å². The van der Waals surface area contributed by atoms with Gasteiger partial charge in [-0.05, 0) is 73.0 Å². The summed E-state index contributed by atoms with van der Waals surface area (Å²) in [6, 6.07) is 26.9. The Hall–Kier alpha value is -4.07. The predicted molar refractivity (Wildman–Crippen MR) is 140 cm³/mol. The molecule has 1 aliphatic carbocycles. The zero-order chi connectivity index (χ0) is 24.8. The monoisotopic (exact) mass is 480 g/mol. The molecule has 0 bridgehead atoms. The number of carbonyl (C=O) groups excluding carboxylic acids is 1. The Kier molecular flexibility index (Phi) is 7.50. The topological polar surface area (TPSA) is 62.1 Å². The maximum absolute atomic E-state index is 12.7. The minimum Gasteiger partial charge on any atom is -0.489 e. The van der Waals surface area contributed by atoms with E-state index in [4.69, 9.17) is 16.3 Å². The van der Waals surface area contributed by atoms with Gasteiger partial charge in [0, 0.05) is 16.6 Å². The quantitative estimate of drug-likeness (QED) is 0.283. The van der Waals surface area contributed by atoms with E-state index in [9.17, 15) is 10.1 Å². The van der Waals surface area contributed by atoms with Gasteiger partial charge in [0.1, 0.15) is 24.0 Å². The number of hydrogen-bond acceptors (Lipinski definition) is 3. The Balaban J connectivity index is 1.48. The predicted octanol–water partition coefficient (Wildman–Crippen LogP) is 7.37. The van der Waals surface area contributed by atoms with Crippen molar-refractivity contribution in [2.75, 3.05) is 5.32 Å². The van der Waals surface area contributed by atoms with Gasteiger partial charge in [-0.1, -0.05) is 71.3 Å². The molecule has 0 spiro atoms. The van der Waals surface area contributed by atoms with Crippen LogP contribution in [0.15, 0.2) is 113 Å². The number of halogens is 1. The molecule has 4 rings (SSSR count). The molecule has 0 saturated heterocycles. The van der Waals surface area contributed by atoms with E-state index in [1.165, 1.54) is 0 Å². The number of amides is 1. The van der Waals surface area contributed by atoms with E-state index >= 15 is 0 Å². The number of rotatable bonds is 7. The molecule has 1 N–H and O–H groups in total. The third-order valence-electron chi connectivity index (χ3n) is 5.96. The molecular weight excluding hydrogens is 456 g/mol. The lowest BCUT2D eigenvalue weighted by Crippen LogP contribution is -2.13. The molecule has 0 radical (unpaired) electrons. The van der Waals surface area contributed by atoms with Crippen LogP contribution in [0, 0.1) is 11.3 Å². The normalized spacial score (nSPS) is 15.4. The third-order valence-corrected chi connectivity index (χ3v) is 6.21. The van der Waals surface area contributed by atoms with E-state index in [1.54, 1.807) is 30.3 Å². The van der Waals surface area contributed by atoms with Gasteiger partial charge in [0.05, 0.1) is 0 Å². The number of allylic oxidation sites excluding steroid dienone is 5. The van der Waals surface area contributed by atoms with Gasteiger partial charge >= 0.3 is 0 Å². The molecule has 1 atom stereocenters. The zero-order valence-electron chi connectivity index (χ0n) is 19.6. The molecule has 35 heavy (non-hydrogen) atoms. The van der Waals surface area contributed by atoms with Gasteiger partial charge in [-0.3, -0.25) is 4.79 Å². The second-order valence-electron chi connectivity index (χ2n) is 8.43. The second kappa shape index (κ2) is 10.9. The molecule has 0 aromatic heterocycles. The van der Waals surface area contributed by atoms with Crippen LogP contribution in [0.1, 0.15) is 30.9 Å². The molecule has 5 heteroatoms. The Bertz CT molecular complexity index is 1350.